The van der Waals surface area contributed by atoms with E-state index in [1.54, 1.807) is 11.1 Å². The van der Waals surface area contributed by atoms with E-state index in [0.717, 1.165) is 12.3 Å². The van der Waals surface area contributed by atoms with Crippen LogP contribution in [0.15, 0.2) is 59.8 Å². The van der Waals surface area contributed by atoms with Crippen LogP contribution in [0.4, 0.5) is 0 Å². The van der Waals surface area contributed by atoms with Gasteiger partial charge in [0, 0.05) is 0 Å². The van der Waals surface area contributed by atoms with Crippen molar-refractivity contribution in [2.45, 2.75) is 141 Å². The monoisotopic (exact) mass is 559 g/mol. The Balaban J connectivity index is 1.80. The Morgan fingerprint density at radius 3 is 1.98 bits per heavy atom. The first-order chi connectivity index (χ1) is 18.8. The van der Waals surface area contributed by atoms with Crippen molar-refractivity contribution < 1.29 is 0 Å². The fourth-order valence-corrected chi connectivity index (χ4v) is 11.8. The molecule has 2 fully saturated rings. The molecule has 4 rings (SSSR count). The molecule has 41 heavy (non-hydrogen) atoms. The van der Waals surface area contributed by atoms with E-state index in [2.05, 4.69) is 115 Å². The highest BCUT2D eigenvalue weighted by molar-refractivity contribution is 5.52. The minimum atomic E-state index is 0.190. The normalized spacial score (nSPS) is 44.3. The van der Waals surface area contributed by atoms with Gasteiger partial charge in [0.2, 0.25) is 0 Å². The van der Waals surface area contributed by atoms with E-state index in [1.807, 2.05) is 0 Å². The molecule has 0 aromatic rings. The molecule has 0 N–H and O–H groups in total. The summed E-state index contributed by atoms with van der Waals surface area (Å²) in [6, 6.07) is 0. The Labute approximate surface area is 256 Å². The Bertz CT molecular complexity index is 1160. The molecule has 1 unspecified atom stereocenters. The first-order valence-electron chi connectivity index (χ1n) is 17.2. The van der Waals surface area contributed by atoms with Crippen LogP contribution < -0.4 is 0 Å². The van der Waals surface area contributed by atoms with Crippen LogP contribution in [0.3, 0.4) is 0 Å². The van der Waals surface area contributed by atoms with Gasteiger partial charge in [-0.2, -0.15) is 0 Å². The lowest BCUT2D eigenvalue weighted by atomic mass is 9.36. The topological polar surface area (TPSA) is 0 Å². The molecule has 9 atom stereocenters. The number of allylic oxidation sites excluding steroid dienone is 7. The van der Waals surface area contributed by atoms with Gasteiger partial charge >= 0.3 is 0 Å². The Hall–Kier alpha value is -1.30. The van der Waals surface area contributed by atoms with Crippen LogP contribution in [0.25, 0.3) is 0 Å². The average Bonchev–Trinajstić information content (AvgIpc) is 3.04. The fraction of sp³-hybridized carbons (Fsp3) is 0.756. The first kappa shape index (κ1) is 32.6. The van der Waals surface area contributed by atoms with Crippen LogP contribution in [-0.2, 0) is 0 Å². The summed E-state index contributed by atoms with van der Waals surface area (Å²) >= 11 is 0. The van der Waals surface area contributed by atoms with Crippen LogP contribution in [-0.4, -0.2) is 0 Å². The zero-order valence-corrected chi connectivity index (χ0v) is 29.4. The third-order valence-corrected chi connectivity index (χ3v) is 15.6. The predicted molar refractivity (Wildman–Crippen MR) is 182 cm³/mol. The van der Waals surface area contributed by atoms with Crippen molar-refractivity contribution in [1.29, 1.82) is 0 Å². The second-order valence-electron chi connectivity index (χ2n) is 17.3. The number of hydrogen-bond acceptors (Lipinski definition) is 0. The lowest BCUT2D eigenvalue weighted by Crippen LogP contribution is -2.60. The van der Waals surface area contributed by atoms with Crippen molar-refractivity contribution >= 4 is 0 Å². The molecule has 4 aliphatic carbocycles. The van der Waals surface area contributed by atoms with Gasteiger partial charge in [-0.05, 0) is 139 Å². The standard InChI is InChI=1S/C41H66/c1-16-36(10)32(25-27(2)3)19-22-37(11)34-21-24-40(14)38(12,35(34)20-23-39(36,37)13)26-31(9)41(40,15)33(29(6)7)18-17-30(8)28(4)5/h20-21,28,31-33H,2,6,8,16-19,22-26H2,1,3-5,7,9-15H3/t31-,32-,33?,36+,37-,38+,39+,40+,41-/m1/s1. The van der Waals surface area contributed by atoms with Gasteiger partial charge < -0.3 is 0 Å². The van der Waals surface area contributed by atoms with Gasteiger partial charge in [-0.3, -0.25) is 0 Å². The highest BCUT2D eigenvalue weighted by atomic mass is 14.7. The SMILES string of the molecule is C=C(C)C[C@H]1CC[C@]2(C)C3=CC[C@@]4(C)[C@@](C)(C[C@@H](C)[C@]4(C)C(CCC(=C)C(C)C)C(=C)C)C3=CC[C@@]2(C)[C@@]1(C)CC. The van der Waals surface area contributed by atoms with Crippen molar-refractivity contribution in [3.63, 3.8) is 0 Å². The van der Waals surface area contributed by atoms with Crippen LogP contribution in [0.2, 0.25) is 0 Å². The van der Waals surface area contributed by atoms with E-state index in [4.69, 9.17) is 0 Å². The summed E-state index contributed by atoms with van der Waals surface area (Å²) in [4.78, 5) is 0. The summed E-state index contributed by atoms with van der Waals surface area (Å²) in [5.41, 5.74) is 8.98. The van der Waals surface area contributed by atoms with Gasteiger partial charge in [-0.1, -0.05) is 111 Å². The summed E-state index contributed by atoms with van der Waals surface area (Å²) in [7, 11) is 0. The molecule has 0 aromatic heterocycles. The minimum Gasteiger partial charge on any atom is -0.100 e. The zero-order valence-electron chi connectivity index (χ0n) is 29.4. The lowest BCUT2D eigenvalue weighted by molar-refractivity contribution is -0.127. The van der Waals surface area contributed by atoms with Gasteiger partial charge in [-0.25, -0.2) is 0 Å². The maximum absolute atomic E-state index is 4.64. The molecule has 0 heterocycles. The molecular formula is C41H66. The van der Waals surface area contributed by atoms with Crippen LogP contribution >= 0.6 is 0 Å². The molecule has 0 amide bonds. The molecule has 0 bridgehead atoms. The Kier molecular flexibility index (Phi) is 8.28. The molecule has 0 aliphatic heterocycles. The molecule has 0 saturated heterocycles. The molecule has 0 nitrogen and oxygen atoms in total. The highest BCUT2D eigenvalue weighted by Gasteiger charge is 2.71. The van der Waals surface area contributed by atoms with Crippen molar-refractivity contribution in [2.75, 3.05) is 0 Å². The smallest absolute Gasteiger partial charge is 0.00106 e. The highest BCUT2D eigenvalue weighted by Crippen LogP contribution is 2.79. The Morgan fingerprint density at radius 1 is 0.902 bits per heavy atom. The summed E-state index contributed by atoms with van der Waals surface area (Å²) in [5, 5.41) is 0. The van der Waals surface area contributed by atoms with E-state index in [0.29, 0.717) is 23.2 Å². The van der Waals surface area contributed by atoms with Gasteiger partial charge in [-0.15, -0.1) is 6.58 Å². The second-order valence-corrected chi connectivity index (χ2v) is 17.3. The quantitative estimate of drug-likeness (QED) is 0.247. The maximum atomic E-state index is 4.64. The molecule has 0 spiro atoms. The molecule has 4 aliphatic rings. The van der Waals surface area contributed by atoms with E-state index in [-0.39, 0.29) is 27.1 Å². The predicted octanol–water partition coefficient (Wildman–Crippen LogP) is 12.7. The third-order valence-electron chi connectivity index (χ3n) is 15.6. The molecular weight excluding hydrogens is 492 g/mol. The van der Waals surface area contributed by atoms with Crippen molar-refractivity contribution in [1.82, 2.24) is 0 Å². The number of fused-ring (bicyclic) bond motifs is 5. The lowest BCUT2D eigenvalue weighted by Gasteiger charge is -2.68. The minimum absolute atomic E-state index is 0.190. The van der Waals surface area contributed by atoms with E-state index >= 15 is 0 Å². The van der Waals surface area contributed by atoms with E-state index in [1.165, 1.54) is 68.1 Å². The third kappa shape index (κ3) is 4.18. The second kappa shape index (κ2) is 10.4. The summed E-state index contributed by atoms with van der Waals surface area (Å²) < 4.78 is 0. The first-order valence-corrected chi connectivity index (χ1v) is 17.2. The maximum Gasteiger partial charge on any atom is -0.00106 e. The molecule has 0 aromatic carbocycles. The van der Waals surface area contributed by atoms with Gasteiger partial charge in [0.1, 0.15) is 0 Å². The van der Waals surface area contributed by atoms with Crippen molar-refractivity contribution in [2.24, 2.45) is 56.2 Å². The molecule has 2 saturated carbocycles. The van der Waals surface area contributed by atoms with Crippen LogP contribution in [0.5, 0.6) is 0 Å². The van der Waals surface area contributed by atoms with Crippen LogP contribution in [0.1, 0.15) is 141 Å². The van der Waals surface area contributed by atoms with Gasteiger partial charge in [0.25, 0.3) is 0 Å². The van der Waals surface area contributed by atoms with E-state index < -0.39 is 0 Å². The summed E-state index contributed by atoms with van der Waals surface area (Å²) in [5.74, 6) is 2.45. The Morgan fingerprint density at radius 2 is 1.46 bits per heavy atom. The summed E-state index contributed by atoms with van der Waals surface area (Å²) in [6.45, 7) is 43.6. The van der Waals surface area contributed by atoms with Crippen LogP contribution in [0, 0.1) is 56.2 Å². The number of rotatable bonds is 9. The molecule has 0 radical (unpaired) electrons. The van der Waals surface area contributed by atoms with Crippen molar-refractivity contribution in [3.05, 3.63) is 59.8 Å². The largest absolute Gasteiger partial charge is 0.100 e. The molecule has 0 heteroatoms. The van der Waals surface area contributed by atoms with Crippen molar-refractivity contribution in [3.8, 4) is 0 Å². The summed E-state index contributed by atoms with van der Waals surface area (Å²) in [6.07, 6.45) is 16.6. The average molecular weight is 559 g/mol. The number of hydrogen-bond donors (Lipinski definition) is 0. The van der Waals surface area contributed by atoms with Gasteiger partial charge in [0.15, 0.2) is 0 Å². The van der Waals surface area contributed by atoms with E-state index in [9.17, 15) is 0 Å². The fourth-order valence-electron chi connectivity index (χ4n) is 11.8. The zero-order chi connectivity index (χ0) is 31.0. The van der Waals surface area contributed by atoms with Gasteiger partial charge in [0.05, 0.1) is 0 Å². The molecule has 230 valence electrons.